The topological polar surface area (TPSA) is 12.0 Å². The molecular formula is C13H12BrCl2NS. The maximum atomic E-state index is 6.06. The van der Waals surface area contributed by atoms with Crippen molar-refractivity contribution < 1.29 is 0 Å². The smallest absolute Gasteiger partial charge is 0.0704 e. The van der Waals surface area contributed by atoms with E-state index in [4.69, 9.17) is 23.2 Å². The molecule has 1 heterocycles. The van der Waals surface area contributed by atoms with Gasteiger partial charge in [0, 0.05) is 14.9 Å². The van der Waals surface area contributed by atoms with E-state index in [-0.39, 0.29) is 6.04 Å². The van der Waals surface area contributed by atoms with Crippen molar-refractivity contribution in [1.29, 1.82) is 0 Å². The molecule has 5 heteroatoms. The number of benzene rings is 1. The SMILES string of the molecule is CNC(c1cc(Cl)cc(Cl)c1)c1cc(Br)sc1C. The van der Waals surface area contributed by atoms with Crippen molar-refractivity contribution in [2.45, 2.75) is 13.0 Å². The molecular weight excluding hydrogens is 353 g/mol. The van der Waals surface area contributed by atoms with Crippen LogP contribution in [0.3, 0.4) is 0 Å². The summed E-state index contributed by atoms with van der Waals surface area (Å²) >= 11 is 17.4. The lowest BCUT2D eigenvalue weighted by Crippen LogP contribution is -2.17. The summed E-state index contributed by atoms with van der Waals surface area (Å²) in [5, 5.41) is 4.63. The molecule has 0 bridgehead atoms. The van der Waals surface area contributed by atoms with Crippen molar-refractivity contribution in [2.24, 2.45) is 0 Å². The minimum Gasteiger partial charge on any atom is -0.309 e. The number of aryl methyl sites for hydroxylation is 1. The zero-order valence-corrected chi connectivity index (χ0v) is 13.8. The molecule has 1 N–H and O–H groups in total. The molecule has 0 saturated heterocycles. The van der Waals surface area contributed by atoms with Crippen molar-refractivity contribution in [2.75, 3.05) is 7.05 Å². The summed E-state index contributed by atoms with van der Waals surface area (Å²) in [6.07, 6.45) is 0. The third-order valence-electron chi connectivity index (χ3n) is 2.74. The van der Waals surface area contributed by atoms with Gasteiger partial charge in [-0.1, -0.05) is 23.2 Å². The van der Waals surface area contributed by atoms with Gasteiger partial charge in [-0.2, -0.15) is 0 Å². The second-order valence-electron chi connectivity index (χ2n) is 3.99. The highest BCUT2D eigenvalue weighted by molar-refractivity contribution is 9.11. The molecule has 1 atom stereocenters. The van der Waals surface area contributed by atoms with Crippen LogP contribution in [0, 0.1) is 6.92 Å². The average Bonchev–Trinajstić information content (AvgIpc) is 2.58. The highest BCUT2D eigenvalue weighted by Gasteiger charge is 2.17. The van der Waals surface area contributed by atoms with Gasteiger partial charge in [0.15, 0.2) is 0 Å². The van der Waals surface area contributed by atoms with E-state index in [1.807, 2.05) is 19.2 Å². The maximum absolute atomic E-state index is 6.06. The molecule has 0 radical (unpaired) electrons. The fourth-order valence-corrected chi connectivity index (χ4v) is 4.28. The van der Waals surface area contributed by atoms with Gasteiger partial charge in [0.1, 0.15) is 0 Å². The van der Waals surface area contributed by atoms with Crippen LogP contribution in [0.25, 0.3) is 0 Å². The monoisotopic (exact) mass is 363 g/mol. The second-order valence-corrected chi connectivity index (χ2v) is 7.49. The van der Waals surface area contributed by atoms with Crippen molar-refractivity contribution in [3.63, 3.8) is 0 Å². The minimum atomic E-state index is 0.101. The van der Waals surface area contributed by atoms with Crippen LogP contribution in [0.4, 0.5) is 0 Å². The van der Waals surface area contributed by atoms with Crippen LogP contribution in [-0.2, 0) is 0 Å². The van der Waals surface area contributed by atoms with Crippen molar-refractivity contribution in [3.8, 4) is 0 Å². The van der Waals surface area contributed by atoms with E-state index in [1.165, 1.54) is 10.4 Å². The van der Waals surface area contributed by atoms with Crippen LogP contribution < -0.4 is 5.32 Å². The highest BCUT2D eigenvalue weighted by Crippen LogP contribution is 2.35. The number of thiophene rings is 1. The molecule has 0 saturated carbocycles. The maximum Gasteiger partial charge on any atom is 0.0704 e. The fraction of sp³-hybridized carbons (Fsp3) is 0.231. The molecule has 18 heavy (non-hydrogen) atoms. The zero-order chi connectivity index (χ0) is 13.3. The molecule has 2 aromatic rings. The molecule has 2 rings (SSSR count). The highest BCUT2D eigenvalue weighted by atomic mass is 79.9. The van der Waals surface area contributed by atoms with Gasteiger partial charge in [-0.15, -0.1) is 11.3 Å². The molecule has 1 unspecified atom stereocenters. The molecule has 0 spiro atoms. The van der Waals surface area contributed by atoms with Crippen molar-refractivity contribution in [3.05, 3.63) is 54.1 Å². The Bertz CT molecular complexity index is 548. The molecule has 1 nitrogen and oxygen atoms in total. The summed E-state index contributed by atoms with van der Waals surface area (Å²) < 4.78 is 1.13. The number of hydrogen-bond acceptors (Lipinski definition) is 2. The van der Waals surface area contributed by atoms with Crippen LogP contribution in [0.2, 0.25) is 10.0 Å². The largest absolute Gasteiger partial charge is 0.309 e. The van der Waals surface area contributed by atoms with Gasteiger partial charge in [-0.25, -0.2) is 0 Å². The first-order valence-corrected chi connectivity index (χ1v) is 7.77. The van der Waals surface area contributed by atoms with Gasteiger partial charge in [-0.3, -0.25) is 0 Å². The van der Waals surface area contributed by atoms with Crippen LogP contribution in [0.1, 0.15) is 22.0 Å². The van der Waals surface area contributed by atoms with Gasteiger partial charge in [0.05, 0.1) is 9.83 Å². The Morgan fingerprint density at radius 2 is 1.78 bits per heavy atom. The Morgan fingerprint density at radius 1 is 1.17 bits per heavy atom. The van der Waals surface area contributed by atoms with E-state index >= 15 is 0 Å². The fourth-order valence-electron chi connectivity index (χ4n) is 1.99. The van der Waals surface area contributed by atoms with Gasteiger partial charge in [0.25, 0.3) is 0 Å². The van der Waals surface area contributed by atoms with E-state index in [0.29, 0.717) is 10.0 Å². The lowest BCUT2D eigenvalue weighted by Gasteiger charge is -2.17. The number of halogens is 3. The average molecular weight is 365 g/mol. The van der Waals surface area contributed by atoms with Gasteiger partial charge < -0.3 is 5.32 Å². The van der Waals surface area contributed by atoms with Crippen LogP contribution in [0.15, 0.2) is 28.1 Å². The van der Waals surface area contributed by atoms with E-state index < -0.39 is 0 Å². The van der Waals surface area contributed by atoms with E-state index in [1.54, 1.807) is 17.4 Å². The Hall–Kier alpha value is -0.0600. The number of hydrogen-bond donors (Lipinski definition) is 1. The molecule has 0 amide bonds. The third-order valence-corrected chi connectivity index (χ3v) is 4.75. The summed E-state index contributed by atoms with van der Waals surface area (Å²) in [7, 11) is 1.94. The van der Waals surface area contributed by atoms with Gasteiger partial charge in [-0.05, 0) is 65.3 Å². The summed E-state index contributed by atoms with van der Waals surface area (Å²) in [5.74, 6) is 0. The molecule has 0 aliphatic heterocycles. The molecule has 96 valence electrons. The number of rotatable bonds is 3. The Kier molecular flexibility index (Phi) is 4.73. The van der Waals surface area contributed by atoms with E-state index in [0.717, 1.165) is 9.35 Å². The van der Waals surface area contributed by atoms with Crippen molar-refractivity contribution >= 4 is 50.5 Å². The Balaban J connectivity index is 2.48. The Morgan fingerprint density at radius 3 is 2.22 bits per heavy atom. The van der Waals surface area contributed by atoms with Crippen LogP contribution in [-0.4, -0.2) is 7.05 Å². The summed E-state index contributed by atoms with van der Waals surface area (Å²) in [4.78, 5) is 1.28. The quantitative estimate of drug-likeness (QED) is 0.765. The van der Waals surface area contributed by atoms with E-state index in [9.17, 15) is 0 Å². The first kappa shape index (κ1) is 14.4. The summed E-state index contributed by atoms with van der Waals surface area (Å²) in [5.41, 5.74) is 2.32. The molecule has 0 aliphatic carbocycles. The Labute approximate surface area is 129 Å². The second kappa shape index (κ2) is 5.93. The van der Waals surface area contributed by atoms with Crippen LogP contribution >= 0.6 is 50.5 Å². The lowest BCUT2D eigenvalue weighted by atomic mass is 10.00. The van der Waals surface area contributed by atoms with Crippen LogP contribution in [0.5, 0.6) is 0 Å². The number of nitrogens with one attached hydrogen (secondary N) is 1. The lowest BCUT2D eigenvalue weighted by molar-refractivity contribution is 0.691. The van der Waals surface area contributed by atoms with Gasteiger partial charge >= 0.3 is 0 Å². The zero-order valence-electron chi connectivity index (χ0n) is 9.93. The third kappa shape index (κ3) is 3.09. The predicted molar refractivity (Wildman–Crippen MR) is 84.1 cm³/mol. The molecule has 0 fully saturated rings. The summed E-state index contributed by atoms with van der Waals surface area (Å²) in [6, 6.07) is 7.87. The molecule has 0 aliphatic rings. The first-order valence-electron chi connectivity index (χ1n) is 5.40. The van der Waals surface area contributed by atoms with Gasteiger partial charge in [0.2, 0.25) is 0 Å². The first-order chi connectivity index (χ1) is 8.51. The molecule has 1 aromatic heterocycles. The summed E-state index contributed by atoms with van der Waals surface area (Å²) in [6.45, 7) is 2.11. The van der Waals surface area contributed by atoms with E-state index in [2.05, 4.69) is 34.2 Å². The van der Waals surface area contributed by atoms with Crippen molar-refractivity contribution in [1.82, 2.24) is 5.32 Å². The molecule has 1 aromatic carbocycles. The normalized spacial score (nSPS) is 12.7. The predicted octanol–water partition coefficient (Wildman–Crippen LogP) is 5.43. The minimum absolute atomic E-state index is 0.101. The standard InChI is InChI=1S/C13H12BrCl2NS/c1-7-11(6-12(14)18-7)13(17-2)8-3-9(15)5-10(16)4-8/h3-6,13,17H,1-2H3.